The molecule has 1 aliphatic rings. The summed E-state index contributed by atoms with van der Waals surface area (Å²) in [5.74, 6) is 0.237. The number of fused-ring (bicyclic) bond motifs is 1. The van der Waals surface area contributed by atoms with Gasteiger partial charge in [0.2, 0.25) is 0 Å². The highest BCUT2D eigenvalue weighted by Crippen LogP contribution is 2.40. The maximum Gasteiger partial charge on any atom is 0.0861 e. The van der Waals surface area contributed by atoms with Gasteiger partial charge in [0.25, 0.3) is 0 Å². The molecule has 1 nitrogen and oxygen atoms in total. The molecule has 0 saturated carbocycles. The smallest absolute Gasteiger partial charge is 0.0861 e. The van der Waals surface area contributed by atoms with Crippen LogP contribution in [-0.2, 0) is 6.42 Å². The largest absolute Gasteiger partial charge is 0.388 e. The number of benzene rings is 2. The lowest BCUT2D eigenvalue weighted by Crippen LogP contribution is -2.19. The summed E-state index contributed by atoms with van der Waals surface area (Å²) in [6.07, 6.45) is 1.73. The normalized spacial score (nSPS) is 22.6. The highest BCUT2D eigenvalue weighted by atomic mass is 16.3. The molecule has 0 unspecified atom stereocenters. The van der Waals surface area contributed by atoms with Gasteiger partial charge in [0.15, 0.2) is 0 Å². The van der Waals surface area contributed by atoms with Crippen LogP contribution >= 0.6 is 0 Å². The van der Waals surface area contributed by atoms with Crippen LogP contribution in [0.25, 0.3) is 0 Å². The number of rotatable bonds is 1. The standard InChI is InChI=1S/C17H18O/c1-12-7-8-14-9-10-15(17(18)16(14)11-12)13-5-3-2-4-6-13/h2-8,11,15,17-18H,9-10H2,1H3/t15-,17+/m1/s1. The molecule has 0 fully saturated rings. The zero-order valence-corrected chi connectivity index (χ0v) is 10.6. The summed E-state index contributed by atoms with van der Waals surface area (Å²) >= 11 is 0. The summed E-state index contributed by atoms with van der Waals surface area (Å²) in [4.78, 5) is 0. The van der Waals surface area contributed by atoms with Crippen LogP contribution < -0.4 is 0 Å². The summed E-state index contributed by atoms with van der Waals surface area (Å²) in [6.45, 7) is 2.08. The van der Waals surface area contributed by atoms with E-state index in [-0.39, 0.29) is 12.0 Å². The van der Waals surface area contributed by atoms with Crippen molar-refractivity contribution < 1.29 is 5.11 Å². The SMILES string of the molecule is Cc1ccc2c(c1)[C@@H](O)[C@@H](c1ccccc1)CC2. The van der Waals surface area contributed by atoms with Crippen molar-refractivity contribution in [2.24, 2.45) is 0 Å². The van der Waals surface area contributed by atoms with E-state index in [0.717, 1.165) is 18.4 Å². The van der Waals surface area contributed by atoms with Crippen molar-refractivity contribution >= 4 is 0 Å². The van der Waals surface area contributed by atoms with Gasteiger partial charge in [-0.1, -0.05) is 54.1 Å². The zero-order chi connectivity index (χ0) is 12.5. The van der Waals surface area contributed by atoms with Crippen molar-refractivity contribution in [2.45, 2.75) is 31.8 Å². The molecule has 1 N–H and O–H groups in total. The summed E-state index contributed by atoms with van der Waals surface area (Å²) in [7, 11) is 0. The highest BCUT2D eigenvalue weighted by molar-refractivity contribution is 5.38. The van der Waals surface area contributed by atoms with Gasteiger partial charge in [0.1, 0.15) is 0 Å². The molecule has 0 heterocycles. The molecule has 2 aromatic rings. The molecule has 0 aliphatic heterocycles. The second-order valence-electron chi connectivity index (χ2n) is 5.20. The van der Waals surface area contributed by atoms with E-state index in [0.29, 0.717) is 0 Å². The van der Waals surface area contributed by atoms with Crippen LogP contribution in [0.15, 0.2) is 48.5 Å². The minimum atomic E-state index is -0.365. The predicted octanol–water partition coefficient (Wildman–Crippen LogP) is 3.76. The Morgan fingerprint density at radius 3 is 2.61 bits per heavy atom. The van der Waals surface area contributed by atoms with Crippen LogP contribution in [0.4, 0.5) is 0 Å². The average Bonchev–Trinajstić information content (AvgIpc) is 2.41. The molecule has 0 aromatic heterocycles. The van der Waals surface area contributed by atoms with Crippen LogP contribution in [-0.4, -0.2) is 5.11 Å². The minimum Gasteiger partial charge on any atom is -0.388 e. The van der Waals surface area contributed by atoms with Gasteiger partial charge in [-0.15, -0.1) is 0 Å². The van der Waals surface area contributed by atoms with Crippen LogP contribution in [0.3, 0.4) is 0 Å². The van der Waals surface area contributed by atoms with Crippen molar-refractivity contribution in [3.8, 4) is 0 Å². The van der Waals surface area contributed by atoms with Crippen molar-refractivity contribution in [1.29, 1.82) is 0 Å². The highest BCUT2D eigenvalue weighted by Gasteiger charge is 2.28. The Bertz CT molecular complexity index is 545. The first-order valence-corrected chi connectivity index (χ1v) is 6.58. The monoisotopic (exact) mass is 238 g/mol. The molecule has 2 aromatic carbocycles. The molecule has 3 rings (SSSR count). The van der Waals surface area contributed by atoms with E-state index in [1.807, 2.05) is 18.2 Å². The molecular weight excluding hydrogens is 220 g/mol. The fourth-order valence-electron chi connectivity index (χ4n) is 2.95. The number of hydrogen-bond acceptors (Lipinski definition) is 1. The lowest BCUT2D eigenvalue weighted by molar-refractivity contribution is 0.131. The van der Waals surface area contributed by atoms with E-state index in [1.54, 1.807) is 0 Å². The van der Waals surface area contributed by atoms with Gasteiger partial charge in [-0.25, -0.2) is 0 Å². The van der Waals surface area contributed by atoms with Crippen molar-refractivity contribution in [3.05, 3.63) is 70.8 Å². The molecule has 0 amide bonds. The Kier molecular flexibility index (Phi) is 2.92. The molecule has 0 radical (unpaired) electrons. The number of aliphatic hydroxyl groups is 1. The predicted molar refractivity (Wildman–Crippen MR) is 73.6 cm³/mol. The summed E-state index contributed by atoms with van der Waals surface area (Å²) in [5.41, 5.74) is 4.90. The van der Waals surface area contributed by atoms with E-state index >= 15 is 0 Å². The van der Waals surface area contributed by atoms with Gasteiger partial charge in [-0.3, -0.25) is 0 Å². The molecule has 0 spiro atoms. The molecule has 1 heteroatoms. The summed E-state index contributed by atoms with van der Waals surface area (Å²) in [6, 6.07) is 16.8. The third-order valence-corrected chi connectivity index (χ3v) is 3.95. The van der Waals surface area contributed by atoms with Crippen LogP contribution in [0.1, 0.15) is 40.7 Å². The average molecular weight is 238 g/mol. The van der Waals surface area contributed by atoms with Crippen LogP contribution in [0.2, 0.25) is 0 Å². The Hall–Kier alpha value is -1.60. The third kappa shape index (κ3) is 1.95. The molecule has 92 valence electrons. The Labute approximate surface area is 108 Å². The first kappa shape index (κ1) is 11.5. The fraction of sp³-hybridized carbons (Fsp3) is 0.294. The second kappa shape index (κ2) is 4.58. The maximum absolute atomic E-state index is 10.6. The molecule has 18 heavy (non-hydrogen) atoms. The minimum absolute atomic E-state index is 0.237. The summed E-state index contributed by atoms with van der Waals surface area (Å²) < 4.78 is 0. The van der Waals surface area contributed by atoms with Gasteiger partial charge in [-0.2, -0.15) is 0 Å². The number of hydrogen-bond donors (Lipinski definition) is 1. The first-order chi connectivity index (χ1) is 8.75. The van der Waals surface area contributed by atoms with Gasteiger partial charge in [-0.05, 0) is 36.5 Å². The van der Waals surface area contributed by atoms with Crippen LogP contribution in [0, 0.1) is 6.92 Å². The second-order valence-corrected chi connectivity index (χ2v) is 5.20. The quantitative estimate of drug-likeness (QED) is 0.802. The van der Waals surface area contributed by atoms with E-state index in [9.17, 15) is 5.11 Å². The van der Waals surface area contributed by atoms with Gasteiger partial charge < -0.3 is 5.11 Å². The Balaban J connectivity index is 1.99. The van der Waals surface area contributed by atoms with E-state index in [1.165, 1.54) is 16.7 Å². The summed E-state index contributed by atoms with van der Waals surface area (Å²) in [5, 5.41) is 10.6. The molecule has 2 atom stereocenters. The fourth-order valence-corrected chi connectivity index (χ4v) is 2.95. The van der Waals surface area contributed by atoms with E-state index < -0.39 is 0 Å². The van der Waals surface area contributed by atoms with Gasteiger partial charge in [0, 0.05) is 5.92 Å². The zero-order valence-electron chi connectivity index (χ0n) is 10.6. The van der Waals surface area contributed by atoms with E-state index in [4.69, 9.17) is 0 Å². The van der Waals surface area contributed by atoms with Gasteiger partial charge in [0.05, 0.1) is 6.10 Å². The Morgan fingerprint density at radius 1 is 1.06 bits per heavy atom. The lowest BCUT2D eigenvalue weighted by Gasteiger charge is -2.30. The van der Waals surface area contributed by atoms with Crippen molar-refractivity contribution in [1.82, 2.24) is 0 Å². The number of aryl methyl sites for hydroxylation is 2. The molecule has 1 aliphatic carbocycles. The first-order valence-electron chi connectivity index (χ1n) is 6.58. The topological polar surface area (TPSA) is 20.2 Å². The molecule has 0 bridgehead atoms. The van der Waals surface area contributed by atoms with Crippen LogP contribution in [0.5, 0.6) is 0 Å². The lowest BCUT2D eigenvalue weighted by atomic mass is 9.77. The number of aliphatic hydroxyl groups excluding tert-OH is 1. The van der Waals surface area contributed by atoms with Crippen molar-refractivity contribution in [3.63, 3.8) is 0 Å². The maximum atomic E-state index is 10.6. The third-order valence-electron chi connectivity index (χ3n) is 3.95. The Morgan fingerprint density at radius 2 is 1.83 bits per heavy atom. The molecule has 0 saturated heterocycles. The van der Waals surface area contributed by atoms with E-state index in [2.05, 4.69) is 37.3 Å². The molecular formula is C17H18O. The van der Waals surface area contributed by atoms with Gasteiger partial charge >= 0.3 is 0 Å². The van der Waals surface area contributed by atoms with Crippen molar-refractivity contribution in [2.75, 3.05) is 0 Å².